The van der Waals surface area contributed by atoms with Gasteiger partial charge >= 0.3 is 0 Å². The number of ketones is 1. The molecule has 0 atom stereocenters. The molecule has 7 heteroatoms. The Morgan fingerprint density at radius 2 is 1.73 bits per heavy atom. The predicted octanol–water partition coefficient (Wildman–Crippen LogP) is 4.04. The molecule has 0 saturated carbocycles. The summed E-state index contributed by atoms with van der Waals surface area (Å²) in [5.74, 6) is -0.459. The second kappa shape index (κ2) is 9.89. The Morgan fingerprint density at radius 1 is 1.06 bits per heavy atom. The van der Waals surface area contributed by atoms with Gasteiger partial charge in [-0.1, -0.05) is 50.6 Å². The van der Waals surface area contributed by atoms with Gasteiger partial charge in [0.15, 0.2) is 5.78 Å². The number of amides is 1. The number of carbonyl (C=O) groups excluding carboxylic acids is 2. The Bertz CT molecular complexity index is 1380. The van der Waals surface area contributed by atoms with Gasteiger partial charge in [0.25, 0.3) is 5.56 Å². The Labute approximate surface area is 202 Å². The summed E-state index contributed by atoms with van der Waals surface area (Å²) < 4.78 is 2.23. The van der Waals surface area contributed by atoms with Crippen molar-refractivity contribution in [3.63, 3.8) is 0 Å². The number of aryl methyl sites for hydroxylation is 2. The molecule has 3 aromatic rings. The minimum atomic E-state index is -0.605. The highest BCUT2D eigenvalue weighted by molar-refractivity contribution is 7.07. The van der Waals surface area contributed by atoms with E-state index in [-0.39, 0.29) is 23.8 Å². The van der Waals surface area contributed by atoms with Gasteiger partial charge in [-0.05, 0) is 60.9 Å². The number of benzene rings is 2. The van der Waals surface area contributed by atoms with Crippen LogP contribution in [0.4, 0.5) is 5.69 Å². The van der Waals surface area contributed by atoms with E-state index in [4.69, 9.17) is 11.6 Å². The summed E-state index contributed by atoms with van der Waals surface area (Å²) in [5, 5.41) is 3.44. The van der Waals surface area contributed by atoms with Crippen molar-refractivity contribution in [2.24, 2.45) is 5.41 Å². The lowest BCUT2D eigenvalue weighted by Crippen LogP contribution is -2.36. The normalized spacial score (nSPS) is 12.8. The molecule has 3 rings (SSSR count). The zero-order valence-corrected chi connectivity index (χ0v) is 20.9. The van der Waals surface area contributed by atoms with Crippen molar-refractivity contribution in [2.75, 3.05) is 5.32 Å². The molecule has 1 amide bonds. The number of carbonyl (C=O) groups is 2. The minimum absolute atomic E-state index is 0.120. The molecule has 0 aliphatic carbocycles. The van der Waals surface area contributed by atoms with Crippen LogP contribution in [0.2, 0.25) is 5.02 Å². The molecule has 0 fully saturated rings. The van der Waals surface area contributed by atoms with Crippen LogP contribution in [0, 0.1) is 19.3 Å². The summed E-state index contributed by atoms with van der Waals surface area (Å²) in [6.45, 7) is 9.22. The molecule has 1 aromatic heterocycles. The minimum Gasteiger partial charge on any atom is -0.325 e. The molecule has 33 heavy (non-hydrogen) atoms. The smallest absolute Gasteiger partial charge is 0.269 e. The largest absolute Gasteiger partial charge is 0.325 e. The molecule has 0 spiro atoms. The van der Waals surface area contributed by atoms with Gasteiger partial charge in [0, 0.05) is 22.2 Å². The van der Waals surface area contributed by atoms with Crippen LogP contribution in [-0.2, 0) is 16.1 Å². The Kier molecular flexibility index (Phi) is 7.40. The van der Waals surface area contributed by atoms with Crippen molar-refractivity contribution in [3.8, 4) is 0 Å². The number of aromatic nitrogens is 1. The van der Waals surface area contributed by atoms with Crippen LogP contribution in [0.3, 0.4) is 0 Å². The van der Waals surface area contributed by atoms with Crippen LogP contribution >= 0.6 is 22.9 Å². The van der Waals surface area contributed by atoms with Crippen molar-refractivity contribution >= 4 is 52.5 Å². The van der Waals surface area contributed by atoms with E-state index in [1.54, 1.807) is 18.2 Å². The van der Waals surface area contributed by atoms with Crippen molar-refractivity contribution in [1.82, 2.24) is 4.57 Å². The first-order chi connectivity index (χ1) is 15.4. The molecule has 0 aliphatic rings. The van der Waals surface area contributed by atoms with E-state index in [9.17, 15) is 14.4 Å². The average Bonchev–Trinajstić information content (AvgIpc) is 3.00. The highest BCUT2D eigenvalue weighted by Crippen LogP contribution is 2.15. The molecule has 5 nitrogen and oxygen atoms in total. The van der Waals surface area contributed by atoms with Gasteiger partial charge < -0.3 is 5.32 Å². The molecule has 1 heterocycles. The Balaban J connectivity index is 2.03. The van der Waals surface area contributed by atoms with Crippen molar-refractivity contribution in [1.29, 1.82) is 0 Å². The molecular formula is C26H27ClN2O3S. The van der Waals surface area contributed by atoms with Crippen LogP contribution in [0.5, 0.6) is 0 Å². The number of halogens is 1. The first-order valence-electron chi connectivity index (χ1n) is 10.5. The average molecular weight is 483 g/mol. The number of hydrogen-bond donors (Lipinski definition) is 1. The zero-order valence-electron chi connectivity index (χ0n) is 19.4. The maximum atomic E-state index is 13.2. The molecule has 0 bridgehead atoms. The van der Waals surface area contributed by atoms with Gasteiger partial charge in [0.05, 0.1) is 4.53 Å². The van der Waals surface area contributed by atoms with Crippen molar-refractivity contribution in [2.45, 2.75) is 41.2 Å². The summed E-state index contributed by atoms with van der Waals surface area (Å²) in [6.07, 6.45) is 3.19. The van der Waals surface area contributed by atoms with E-state index >= 15 is 0 Å². The maximum Gasteiger partial charge on any atom is 0.269 e. The third kappa shape index (κ3) is 6.30. The van der Waals surface area contributed by atoms with Crippen LogP contribution in [-0.4, -0.2) is 16.3 Å². The van der Waals surface area contributed by atoms with Crippen molar-refractivity contribution < 1.29 is 9.59 Å². The maximum absolute atomic E-state index is 13.2. The first kappa shape index (κ1) is 24.7. The lowest BCUT2D eigenvalue weighted by atomic mass is 9.91. The fourth-order valence-corrected chi connectivity index (χ4v) is 4.16. The second-order valence-corrected chi connectivity index (χ2v) is 10.5. The van der Waals surface area contributed by atoms with Gasteiger partial charge in [0.2, 0.25) is 5.91 Å². The predicted molar refractivity (Wildman–Crippen MR) is 136 cm³/mol. The van der Waals surface area contributed by atoms with Gasteiger partial charge in [-0.15, -0.1) is 11.3 Å². The highest BCUT2D eigenvalue weighted by atomic mass is 35.5. The number of rotatable bonds is 5. The lowest BCUT2D eigenvalue weighted by Gasteiger charge is -2.13. The second-order valence-electron chi connectivity index (χ2n) is 9.00. The summed E-state index contributed by atoms with van der Waals surface area (Å²) in [4.78, 5) is 38.6. The zero-order chi connectivity index (χ0) is 24.3. The summed E-state index contributed by atoms with van der Waals surface area (Å²) >= 11 is 7.14. The molecule has 172 valence electrons. The van der Waals surface area contributed by atoms with E-state index in [2.05, 4.69) is 5.32 Å². The van der Waals surface area contributed by atoms with E-state index in [0.29, 0.717) is 19.9 Å². The topological polar surface area (TPSA) is 68.2 Å². The van der Waals surface area contributed by atoms with Crippen LogP contribution in [0.1, 0.15) is 37.5 Å². The molecule has 0 unspecified atom stereocenters. The number of nitrogens with zero attached hydrogens (tertiary/aromatic N) is 1. The Hall–Kier alpha value is -2.96. The third-order valence-corrected chi connectivity index (χ3v) is 6.50. The van der Waals surface area contributed by atoms with Crippen molar-refractivity contribution in [3.05, 3.63) is 83.7 Å². The van der Waals surface area contributed by atoms with Gasteiger partial charge in [-0.25, -0.2) is 0 Å². The molecule has 0 saturated heterocycles. The monoisotopic (exact) mass is 482 g/mol. The summed E-state index contributed by atoms with van der Waals surface area (Å²) in [5.41, 5.74) is 2.73. The highest BCUT2D eigenvalue weighted by Gasteiger charge is 2.20. The van der Waals surface area contributed by atoms with Crippen LogP contribution in [0.25, 0.3) is 12.2 Å². The number of nitrogens with one attached hydrogen (secondary N) is 1. The number of anilines is 1. The first-order valence-corrected chi connectivity index (χ1v) is 11.7. The molecule has 2 aromatic carbocycles. The van der Waals surface area contributed by atoms with E-state index in [1.807, 2.05) is 65.0 Å². The van der Waals surface area contributed by atoms with E-state index in [1.165, 1.54) is 22.0 Å². The van der Waals surface area contributed by atoms with E-state index < -0.39 is 5.41 Å². The lowest BCUT2D eigenvalue weighted by molar-refractivity contribution is -0.120. The number of thiazole rings is 1. The number of Topliss-reactive ketones (excluding diaryl/α,β-unsaturated/α-hetero) is 1. The van der Waals surface area contributed by atoms with Gasteiger partial charge in [-0.2, -0.15) is 0 Å². The standard InChI is InChI=1S/C26H27ClN2O3S/c1-16-6-11-20(12-17(16)2)28-23(31)15-29-24(14-22(30)26(3,4)5)33-21(25(29)32)13-18-7-9-19(27)10-8-18/h6-14H,15H2,1-5H3,(H,28,31)/b21-13+,24-14-. The summed E-state index contributed by atoms with van der Waals surface area (Å²) in [6, 6.07) is 12.7. The molecule has 0 radical (unpaired) electrons. The number of hydrogen-bond acceptors (Lipinski definition) is 4. The van der Waals surface area contributed by atoms with Crippen LogP contribution < -0.4 is 20.1 Å². The Morgan fingerprint density at radius 3 is 2.33 bits per heavy atom. The quantitative estimate of drug-likeness (QED) is 0.596. The SMILES string of the molecule is Cc1ccc(NC(=O)Cn2c(=O)/c(=C\c3ccc(Cl)cc3)s/c2=C\C(=O)C(C)(C)C)cc1C. The molecular weight excluding hydrogens is 456 g/mol. The van der Waals surface area contributed by atoms with Gasteiger partial charge in [0.1, 0.15) is 11.2 Å². The summed E-state index contributed by atoms with van der Waals surface area (Å²) in [7, 11) is 0. The van der Waals surface area contributed by atoms with E-state index in [0.717, 1.165) is 16.7 Å². The fraction of sp³-hybridized carbons (Fsp3) is 0.269. The van der Waals surface area contributed by atoms with Crippen LogP contribution in [0.15, 0.2) is 47.3 Å². The third-order valence-electron chi connectivity index (χ3n) is 5.19. The fourth-order valence-electron chi connectivity index (χ4n) is 3.00. The van der Waals surface area contributed by atoms with Gasteiger partial charge in [-0.3, -0.25) is 19.0 Å². The molecule has 0 aliphatic heterocycles. The molecule has 1 N–H and O–H groups in total.